The third-order valence-corrected chi connectivity index (χ3v) is 14.1. The van der Waals surface area contributed by atoms with E-state index in [0.29, 0.717) is 13.2 Å². The molecule has 4 heterocycles. The van der Waals surface area contributed by atoms with E-state index in [1.807, 2.05) is 58.9 Å². The van der Waals surface area contributed by atoms with Gasteiger partial charge in [0, 0.05) is 6.61 Å². The van der Waals surface area contributed by atoms with Crippen LogP contribution in [0.2, 0.25) is 5.04 Å². The van der Waals surface area contributed by atoms with Crippen LogP contribution in [0.4, 0.5) is 0 Å². The fraction of sp³-hybridized carbons (Fsp3) is 0.611. The molecule has 2 aromatic rings. The number of ether oxygens (including phenoxy) is 8. The van der Waals surface area contributed by atoms with E-state index in [0.717, 1.165) is 0 Å². The van der Waals surface area contributed by atoms with Crippen LogP contribution >= 0.6 is 0 Å². The quantitative estimate of drug-likeness (QED) is 0.268. The maximum atomic E-state index is 7.28. The topological polar surface area (TPSA) is 83.1 Å². The molecule has 0 aromatic heterocycles. The molecule has 46 heavy (non-hydrogen) atoms. The fourth-order valence-corrected chi connectivity index (χ4v) is 11.7. The second-order valence-electron chi connectivity index (χ2n) is 14.4. The molecular formula is C36H50O9Si. The smallest absolute Gasteiger partial charge is 0.261 e. The summed E-state index contributed by atoms with van der Waals surface area (Å²) in [6.45, 7) is 17.6. The molecule has 0 unspecified atom stereocenters. The minimum absolute atomic E-state index is 0.192. The zero-order valence-electron chi connectivity index (χ0n) is 28.3. The van der Waals surface area contributed by atoms with Crippen molar-refractivity contribution in [3.8, 4) is 0 Å². The van der Waals surface area contributed by atoms with E-state index in [1.54, 1.807) is 0 Å². The lowest BCUT2D eigenvalue weighted by Crippen LogP contribution is -2.67. The van der Waals surface area contributed by atoms with Gasteiger partial charge >= 0.3 is 0 Å². The van der Waals surface area contributed by atoms with Crippen molar-refractivity contribution in [3.63, 3.8) is 0 Å². The first-order valence-electron chi connectivity index (χ1n) is 16.5. The molecule has 9 nitrogen and oxygen atoms in total. The van der Waals surface area contributed by atoms with Crippen LogP contribution in [0.3, 0.4) is 0 Å². The molecule has 4 aliphatic heterocycles. The molecule has 0 N–H and O–H groups in total. The highest BCUT2D eigenvalue weighted by atomic mass is 28.4. The maximum absolute atomic E-state index is 7.28. The molecule has 8 atom stereocenters. The molecule has 6 rings (SSSR count). The van der Waals surface area contributed by atoms with E-state index in [-0.39, 0.29) is 23.9 Å². The Morgan fingerprint density at radius 3 is 1.98 bits per heavy atom. The van der Waals surface area contributed by atoms with Gasteiger partial charge in [0.2, 0.25) is 0 Å². The van der Waals surface area contributed by atoms with Gasteiger partial charge < -0.3 is 42.3 Å². The van der Waals surface area contributed by atoms with Crippen LogP contribution in [-0.2, 0) is 42.3 Å². The molecule has 3 fully saturated rings. The average molecular weight is 655 g/mol. The van der Waals surface area contributed by atoms with E-state index in [1.165, 1.54) is 10.4 Å². The highest BCUT2D eigenvalue weighted by Gasteiger charge is 2.60. The number of rotatable bonds is 10. The molecule has 252 valence electrons. The van der Waals surface area contributed by atoms with Crippen molar-refractivity contribution in [3.05, 3.63) is 72.8 Å². The summed E-state index contributed by atoms with van der Waals surface area (Å²) in [5.41, 5.74) is 0. The van der Waals surface area contributed by atoms with Gasteiger partial charge in [-0.15, -0.1) is 0 Å². The number of hydrogen-bond donors (Lipinski definition) is 0. The summed E-state index contributed by atoms with van der Waals surface area (Å²) in [5, 5.41) is 2.20. The summed E-state index contributed by atoms with van der Waals surface area (Å²) >= 11 is 0. The monoisotopic (exact) mass is 654 g/mol. The van der Waals surface area contributed by atoms with Crippen molar-refractivity contribution in [1.82, 2.24) is 0 Å². The number of fused-ring (bicyclic) bond motifs is 1. The van der Waals surface area contributed by atoms with Gasteiger partial charge in [-0.1, -0.05) is 87.5 Å². The molecular weight excluding hydrogens is 604 g/mol. The molecule has 0 radical (unpaired) electrons. The van der Waals surface area contributed by atoms with E-state index >= 15 is 0 Å². The summed E-state index contributed by atoms with van der Waals surface area (Å²) in [4.78, 5) is 0. The van der Waals surface area contributed by atoms with E-state index in [2.05, 4.69) is 69.3 Å². The lowest BCUT2D eigenvalue weighted by Gasteiger charge is -2.44. The standard InChI is InChI=1S/C36H50O9Si/c1-9-37-29-21-20-26(41-33-32-31(44-36(7,8)45-32)30(42-33)28-22-38-35(5,6)43-28)27(40-29)23-39-46(34(2,3)4,24-16-12-10-13-17-24)25-18-14-11-15-19-25/h10-21,26-33H,9,22-23H2,1-8H3/t26-,27+,28+,29-,30+,31-,32-,33-/m0/s1. The lowest BCUT2D eigenvalue weighted by molar-refractivity contribution is -0.270. The average Bonchev–Trinajstić information content (AvgIpc) is 3.64. The van der Waals surface area contributed by atoms with E-state index < -0.39 is 56.9 Å². The van der Waals surface area contributed by atoms with Gasteiger partial charge in [-0.05, 0) is 56.1 Å². The van der Waals surface area contributed by atoms with Gasteiger partial charge in [0.15, 0.2) is 24.2 Å². The molecule has 0 saturated carbocycles. The first-order valence-corrected chi connectivity index (χ1v) is 18.4. The van der Waals surface area contributed by atoms with Crippen molar-refractivity contribution in [2.75, 3.05) is 19.8 Å². The van der Waals surface area contributed by atoms with Crippen LogP contribution in [0.1, 0.15) is 55.4 Å². The minimum Gasteiger partial charge on any atom is -0.405 e. The largest absolute Gasteiger partial charge is 0.405 e. The first-order chi connectivity index (χ1) is 21.8. The molecule has 0 bridgehead atoms. The third-order valence-electron chi connectivity index (χ3n) is 9.08. The zero-order chi connectivity index (χ0) is 32.7. The molecule has 0 aliphatic carbocycles. The van der Waals surface area contributed by atoms with E-state index in [9.17, 15) is 0 Å². The minimum atomic E-state index is -2.84. The van der Waals surface area contributed by atoms with Crippen LogP contribution < -0.4 is 10.4 Å². The predicted octanol–water partition coefficient (Wildman–Crippen LogP) is 4.66. The second kappa shape index (κ2) is 13.2. The Morgan fingerprint density at radius 2 is 1.41 bits per heavy atom. The third kappa shape index (κ3) is 6.80. The van der Waals surface area contributed by atoms with Crippen molar-refractivity contribution < 1.29 is 42.3 Å². The predicted molar refractivity (Wildman–Crippen MR) is 175 cm³/mol. The van der Waals surface area contributed by atoms with Gasteiger partial charge in [0.05, 0.1) is 13.2 Å². The number of benzene rings is 2. The van der Waals surface area contributed by atoms with E-state index in [4.69, 9.17) is 42.3 Å². The Hall–Kier alpha value is -1.96. The zero-order valence-corrected chi connectivity index (χ0v) is 29.3. The second-order valence-corrected chi connectivity index (χ2v) is 18.7. The van der Waals surface area contributed by atoms with Crippen LogP contribution in [0, 0.1) is 0 Å². The maximum Gasteiger partial charge on any atom is 0.261 e. The summed E-state index contributed by atoms with van der Waals surface area (Å²) in [7, 11) is -2.84. The summed E-state index contributed by atoms with van der Waals surface area (Å²) < 4.78 is 57.7. The Morgan fingerprint density at radius 1 is 0.783 bits per heavy atom. The Balaban J connectivity index is 1.28. The Bertz CT molecular complexity index is 1290. The summed E-state index contributed by atoms with van der Waals surface area (Å²) in [6.07, 6.45) is 0.104. The molecule has 0 amide bonds. The van der Waals surface area contributed by atoms with Gasteiger partial charge in [0.25, 0.3) is 8.32 Å². The molecule has 3 saturated heterocycles. The van der Waals surface area contributed by atoms with Crippen LogP contribution in [0.5, 0.6) is 0 Å². The Labute approximate surface area is 274 Å². The van der Waals surface area contributed by atoms with Crippen molar-refractivity contribution in [1.29, 1.82) is 0 Å². The van der Waals surface area contributed by atoms with Crippen molar-refractivity contribution in [2.24, 2.45) is 0 Å². The first kappa shape index (κ1) is 33.9. The molecule has 4 aliphatic rings. The van der Waals surface area contributed by atoms with Crippen molar-refractivity contribution >= 4 is 18.7 Å². The normalized spacial score (nSPS) is 33.7. The summed E-state index contributed by atoms with van der Waals surface area (Å²) in [6, 6.07) is 21.2. The molecule has 2 aromatic carbocycles. The molecule has 0 spiro atoms. The molecule has 10 heteroatoms. The highest BCUT2D eigenvalue weighted by Crippen LogP contribution is 2.43. The van der Waals surface area contributed by atoms with Gasteiger partial charge in [-0.3, -0.25) is 0 Å². The fourth-order valence-electron chi connectivity index (χ4n) is 7.15. The number of hydrogen-bond acceptors (Lipinski definition) is 9. The highest BCUT2D eigenvalue weighted by molar-refractivity contribution is 6.99. The van der Waals surface area contributed by atoms with Gasteiger partial charge in [-0.25, -0.2) is 0 Å². The van der Waals surface area contributed by atoms with Gasteiger partial charge in [0.1, 0.15) is 36.6 Å². The van der Waals surface area contributed by atoms with Gasteiger partial charge in [-0.2, -0.15) is 0 Å². The van der Waals surface area contributed by atoms with Crippen molar-refractivity contribution in [2.45, 2.75) is 121 Å². The lowest BCUT2D eigenvalue weighted by atomic mass is 10.1. The van der Waals surface area contributed by atoms with Crippen LogP contribution in [0.25, 0.3) is 0 Å². The SMILES string of the molecule is CCO[C@@H]1C=C[C@H](O[C@H]2O[C@H]([C@H]3COC(C)(C)O3)[C@@H]3OC(C)(C)O[C@H]23)[C@@H](CO[Si](c2ccccc2)(c2ccccc2)C(C)(C)C)O1. The summed E-state index contributed by atoms with van der Waals surface area (Å²) in [5.74, 6) is -1.49. The Kier molecular flexibility index (Phi) is 9.70. The van der Waals surface area contributed by atoms with Crippen LogP contribution in [0.15, 0.2) is 72.8 Å². The van der Waals surface area contributed by atoms with Crippen LogP contribution in [-0.4, -0.2) is 88.9 Å².